The maximum Gasteiger partial charge on any atom is 0.256 e. The zero-order valence-corrected chi connectivity index (χ0v) is 12.3. The molecular weight excluding hydrogens is 311 g/mol. The second-order valence-corrected chi connectivity index (χ2v) is 5.78. The summed E-state index contributed by atoms with van der Waals surface area (Å²) in [7, 11) is 0. The standard InChI is InChI=1S/C15H16F3N3O2/c16-10-2-1-9(11(17)12(10)18)13(22)21-7-3-15(4-8-21)14(23)19-5-6-20-15/h1-2,20H,3-8H2,(H,19,23). The summed E-state index contributed by atoms with van der Waals surface area (Å²) in [5.41, 5.74) is -1.21. The van der Waals surface area contributed by atoms with Crippen LogP contribution >= 0.6 is 0 Å². The Balaban J connectivity index is 1.74. The first-order valence-electron chi connectivity index (χ1n) is 7.41. The minimum atomic E-state index is -1.65. The van der Waals surface area contributed by atoms with Crippen LogP contribution in [-0.2, 0) is 4.79 Å². The number of rotatable bonds is 1. The summed E-state index contributed by atoms with van der Waals surface area (Å²) in [6.45, 7) is 1.68. The average molecular weight is 327 g/mol. The van der Waals surface area contributed by atoms with Crippen molar-refractivity contribution in [2.75, 3.05) is 26.2 Å². The van der Waals surface area contributed by atoms with E-state index < -0.39 is 34.5 Å². The normalized spacial score (nSPS) is 20.5. The van der Waals surface area contributed by atoms with Gasteiger partial charge < -0.3 is 15.5 Å². The Bertz CT molecular complexity index is 658. The van der Waals surface area contributed by atoms with Gasteiger partial charge in [-0.25, -0.2) is 13.2 Å². The van der Waals surface area contributed by atoms with Gasteiger partial charge in [-0.2, -0.15) is 0 Å². The summed E-state index contributed by atoms with van der Waals surface area (Å²) in [4.78, 5) is 25.7. The third-order valence-corrected chi connectivity index (χ3v) is 4.48. The molecular formula is C15H16F3N3O2. The van der Waals surface area contributed by atoms with Crippen molar-refractivity contribution in [3.05, 3.63) is 35.1 Å². The lowest BCUT2D eigenvalue weighted by atomic mass is 9.85. The molecule has 0 unspecified atom stereocenters. The number of benzene rings is 1. The largest absolute Gasteiger partial charge is 0.353 e. The molecule has 0 radical (unpaired) electrons. The summed E-state index contributed by atoms with van der Waals surface area (Å²) in [6, 6.07) is 1.67. The highest BCUT2D eigenvalue weighted by Crippen LogP contribution is 2.26. The van der Waals surface area contributed by atoms with Crippen molar-refractivity contribution in [3.63, 3.8) is 0 Å². The topological polar surface area (TPSA) is 61.4 Å². The number of nitrogens with zero attached hydrogens (tertiary/aromatic N) is 1. The molecule has 0 bridgehead atoms. The molecule has 1 aromatic carbocycles. The Kier molecular flexibility index (Phi) is 4.01. The van der Waals surface area contributed by atoms with Crippen molar-refractivity contribution in [1.82, 2.24) is 15.5 Å². The number of amides is 2. The molecule has 5 nitrogen and oxygen atoms in total. The van der Waals surface area contributed by atoms with E-state index in [1.54, 1.807) is 0 Å². The van der Waals surface area contributed by atoms with Gasteiger partial charge in [0.05, 0.1) is 5.56 Å². The molecule has 124 valence electrons. The van der Waals surface area contributed by atoms with E-state index in [4.69, 9.17) is 0 Å². The van der Waals surface area contributed by atoms with Crippen molar-refractivity contribution in [3.8, 4) is 0 Å². The van der Waals surface area contributed by atoms with Gasteiger partial charge in [-0.05, 0) is 25.0 Å². The first kappa shape index (κ1) is 15.8. The van der Waals surface area contributed by atoms with Crippen LogP contribution in [0.15, 0.2) is 12.1 Å². The van der Waals surface area contributed by atoms with Crippen molar-refractivity contribution in [2.24, 2.45) is 0 Å². The smallest absolute Gasteiger partial charge is 0.256 e. The molecule has 2 saturated heterocycles. The first-order valence-corrected chi connectivity index (χ1v) is 7.41. The van der Waals surface area contributed by atoms with Crippen molar-refractivity contribution < 1.29 is 22.8 Å². The maximum absolute atomic E-state index is 13.7. The van der Waals surface area contributed by atoms with E-state index in [0.29, 0.717) is 25.9 Å². The second kappa shape index (κ2) is 5.84. The highest BCUT2D eigenvalue weighted by atomic mass is 19.2. The monoisotopic (exact) mass is 327 g/mol. The highest BCUT2D eigenvalue weighted by Gasteiger charge is 2.43. The predicted molar refractivity (Wildman–Crippen MR) is 75.2 cm³/mol. The number of carbonyl (C=O) groups is 2. The van der Waals surface area contributed by atoms with Crippen molar-refractivity contribution in [2.45, 2.75) is 18.4 Å². The van der Waals surface area contributed by atoms with E-state index in [-0.39, 0.29) is 19.0 Å². The van der Waals surface area contributed by atoms with Gasteiger partial charge in [0.1, 0.15) is 5.54 Å². The molecule has 0 aliphatic carbocycles. The molecule has 2 N–H and O–H groups in total. The number of halogens is 3. The highest BCUT2D eigenvalue weighted by molar-refractivity contribution is 5.95. The molecule has 1 aromatic rings. The molecule has 2 heterocycles. The van der Waals surface area contributed by atoms with Crippen LogP contribution in [-0.4, -0.2) is 48.4 Å². The van der Waals surface area contributed by atoms with E-state index in [2.05, 4.69) is 10.6 Å². The fourth-order valence-electron chi connectivity index (χ4n) is 3.08. The average Bonchev–Trinajstić information content (AvgIpc) is 2.56. The van der Waals surface area contributed by atoms with E-state index >= 15 is 0 Å². The van der Waals surface area contributed by atoms with Crippen molar-refractivity contribution in [1.29, 1.82) is 0 Å². The molecule has 0 atom stereocenters. The van der Waals surface area contributed by atoms with E-state index in [9.17, 15) is 22.8 Å². The van der Waals surface area contributed by atoms with E-state index in [0.717, 1.165) is 12.1 Å². The Hall–Kier alpha value is -2.09. The van der Waals surface area contributed by atoms with Crippen LogP contribution in [0, 0.1) is 17.5 Å². The van der Waals surface area contributed by atoms with Gasteiger partial charge in [-0.15, -0.1) is 0 Å². The molecule has 2 aliphatic rings. The van der Waals surface area contributed by atoms with Crippen LogP contribution in [0.2, 0.25) is 0 Å². The molecule has 8 heteroatoms. The van der Waals surface area contributed by atoms with Gasteiger partial charge in [0.25, 0.3) is 5.91 Å². The molecule has 0 saturated carbocycles. The van der Waals surface area contributed by atoms with Crippen LogP contribution in [0.1, 0.15) is 23.2 Å². The Labute approximate surface area is 130 Å². The lowest BCUT2D eigenvalue weighted by Crippen LogP contribution is -2.66. The molecule has 1 spiro atoms. The van der Waals surface area contributed by atoms with Gasteiger partial charge in [0, 0.05) is 26.2 Å². The molecule has 2 fully saturated rings. The number of piperazine rings is 1. The van der Waals surface area contributed by atoms with Crippen LogP contribution < -0.4 is 10.6 Å². The van der Waals surface area contributed by atoms with Crippen LogP contribution in [0.25, 0.3) is 0 Å². The van der Waals surface area contributed by atoms with Crippen molar-refractivity contribution >= 4 is 11.8 Å². The van der Waals surface area contributed by atoms with E-state index in [1.807, 2.05) is 0 Å². The first-order chi connectivity index (χ1) is 10.9. The Morgan fingerprint density at radius 3 is 2.43 bits per heavy atom. The predicted octanol–water partition coefficient (Wildman–Crippen LogP) is 0.798. The number of hydrogen-bond acceptors (Lipinski definition) is 3. The number of piperidine rings is 1. The quantitative estimate of drug-likeness (QED) is 0.750. The molecule has 3 rings (SSSR count). The third kappa shape index (κ3) is 2.67. The number of nitrogens with one attached hydrogen (secondary N) is 2. The van der Waals surface area contributed by atoms with Gasteiger partial charge in [0.2, 0.25) is 5.91 Å². The minimum absolute atomic E-state index is 0.102. The van der Waals surface area contributed by atoms with Gasteiger partial charge in [-0.3, -0.25) is 9.59 Å². The summed E-state index contributed by atoms with van der Waals surface area (Å²) in [5, 5.41) is 5.96. The van der Waals surface area contributed by atoms with Gasteiger partial charge >= 0.3 is 0 Å². The molecule has 23 heavy (non-hydrogen) atoms. The van der Waals surface area contributed by atoms with Gasteiger partial charge in [0.15, 0.2) is 17.5 Å². The lowest BCUT2D eigenvalue weighted by Gasteiger charge is -2.43. The summed E-state index contributed by atoms with van der Waals surface area (Å²) >= 11 is 0. The summed E-state index contributed by atoms with van der Waals surface area (Å²) < 4.78 is 40.0. The second-order valence-electron chi connectivity index (χ2n) is 5.78. The summed E-state index contributed by atoms with van der Waals surface area (Å²) in [5.74, 6) is -5.27. The number of hydrogen-bond donors (Lipinski definition) is 2. The molecule has 2 aliphatic heterocycles. The van der Waals surface area contributed by atoms with E-state index in [1.165, 1.54) is 4.90 Å². The zero-order valence-electron chi connectivity index (χ0n) is 12.3. The van der Waals surface area contributed by atoms with Gasteiger partial charge in [-0.1, -0.05) is 0 Å². The molecule has 0 aromatic heterocycles. The van der Waals surface area contributed by atoms with Crippen LogP contribution in [0.4, 0.5) is 13.2 Å². The third-order valence-electron chi connectivity index (χ3n) is 4.48. The zero-order chi connectivity index (χ0) is 16.6. The minimum Gasteiger partial charge on any atom is -0.353 e. The number of carbonyl (C=O) groups excluding carboxylic acids is 2. The number of likely N-dealkylation sites (tertiary alicyclic amines) is 1. The van der Waals surface area contributed by atoms with Crippen LogP contribution in [0.5, 0.6) is 0 Å². The SMILES string of the molecule is O=C(c1ccc(F)c(F)c1F)N1CCC2(CC1)NCCNC2=O. The fourth-order valence-corrected chi connectivity index (χ4v) is 3.08. The lowest BCUT2D eigenvalue weighted by molar-refractivity contribution is -0.131. The maximum atomic E-state index is 13.7. The molecule has 2 amide bonds. The Morgan fingerprint density at radius 1 is 1.09 bits per heavy atom. The summed E-state index contributed by atoms with van der Waals surface area (Å²) in [6.07, 6.45) is 0.770. The Morgan fingerprint density at radius 2 is 1.78 bits per heavy atom. The van der Waals surface area contributed by atoms with Crippen LogP contribution in [0.3, 0.4) is 0 Å². The fraction of sp³-hybridized carbons (Fsp3) is 0.467.